The number of amides is 5. The smallest absolute Gasteiger partial charge is 0.410 e. The van der Waals surface area contributed by atoms with Crippen LogP contribution in [0.3, 0.4) is 0 Å². The third-order valence-corrected chi connectivity index (χ3v) is 8.22. The Morgan fingerprint density at radius 1 is 0.930 bits per heavy atom. The van der Waals surface area contributed by atoms with Crippen LogP contribution in [0.15, 0.2) is 18.2 Å². The molecule has 0 spiro atoms. The number of hydrogen-bond donors (Lipinski definition) is 1. The molecule has 1 atom stereocenters. The number of piperidine rings is 2. The van der Waals surface area contributed by atoms with Gasteiger partial charge in [0.2, 0.25) is 11.8 Å². The van der Waals surface area contributed by atoms with Gasteiger partial charge in [0.15, 0.2) is 0 Å². The van der Waals surface area contributed by atoms with Crippen molar-refractivity contribution in [3.8, 4) is 5.75 Å². The molecule has 0 aromatic heterocycles. The average molecular weight is 599 g/mol. The topological polar surface area (TPSA) is 135 Å². The van der Waals surface area contributed by atoms with Crippen molar-refractivity contribution in [2.24, 2.45) is 0 Å². The molecule has 3 fully saturated rings. The molecule has 43 heavy (non-hydrogen) atoms. The van der Waals surface area contributed by atoms with Crippen LogP contribution in [-0.4, -0.2) is 108 Å². The van der Waals surface area contributed by atoms with Gasteiger partial charge in [0.05, 0.1) is 43.0 Å². The third-order valence-electron chi connectivity index (χ3n) is 8.22. The number of imide groups is 2. The highest BCUT2D eigenvalue weighted by Gasteiger charge is 2.44. The average Bonchev–Trinajstić information content (AvgIpc) is 3.16. The molecule has 12 heteroatoms. The van der Waals surface area contributed by atoms with Crippen molar-refractivity contribution in [1.29, 1.82) is 0 Å². The number of carbonyl (C=O) groups is 5. The van der Waals surface area contributed by atoms with E-state index >= 15 is 0 Å². The quantitative estimate of drug-likeness (QED) is 0.319. The maximum absolute atomic E-state index is 13.0. The molecule has 0 radical (unpaired) electrons. The summed E-state index contributed by atoms with van der Waals surface area (Å²) in [5.74, 6) is -1.58. The SMILES string of the molecule is CC(C)(C)OC(=O)N1CC(OC2CCN(CCCCCOc3ccc4c(c3)C(=O)N(C3CCC(=O)NC3=O)C4=O)CC2)C1. The summed E-state index contributed by atoms with van der Waals surface area (Å²) in [6, 6.07) is 3.81. The number of rotatable bonds is 10. The summed E-state index contributed by atoms with van der Waals surface area (Å²) < 4.78 is 17.5. The zero-order valence-electron chi connectivity index (χ0n) is 25.3. The Kier molecular flexibility index (Phi) is 9.36. The molecule has 5 amide bonds. The fourth-order valence-electron chi connectivity index (χ4n) is 5.89. The highest BCUT2D eigenvalue weighted by atomic mass is 16.6. The van der Waals surface area contributed by atoms with Crippen LogP contribution < -0.4 is 10.1 Å². The molecule has 0 bridgehead atoms. The van der Waals surface area contributed by atoms with Gasteiger partial charge in [-0.2, -0.15) is 0 Å². The van der Waals surface area contributed by atoms with Crippen molar-refractivity contribution in [3.05, 3.63) is 29.3 Å². The van der Waals surface area contributed by atoms with Crippen LogP contribution in [0.2, 0.25) is 0 Å². The molecule has 4 aliphatic heterocycles. The second-order valence-corrected chi connectivity index (χ2v) is 12.7. The van der Waals surface area contributed by atoms with Gasteiger partial charge < -0.3 is 24.0 Å². The largest absolute Gasteiger partial charge is 0.494 e. The van der Waals surface area contributed by atoms with Crippen molar-refractivity contribution in [2.45, 2.75) is 89.6 Å². The number of hydrogen-bond acceptors (Lipinski definition) is 9. The van der Waals surface area contributed by atoms with E-state index in [1.54, 1.807) is 23.1 Å². The first kappa shape index (κ1) is 30.9. The molecule has 5 rings (SSSR count). The van der Waals surface area contributed by atoms with Crippen LogP contribution in [0.25, 0.3) is 0 Å². The lowest BCUT2D eigenvalue weighted by molar-refractivity contribution is -0.136. The summed E-state index contributed by atoms with van der Waals surface area (Å²) >= 11 is 0. The number of nitrogens with one attached hydrogen (secondary N) is 1. The summed E-state index contributed by atoms with van der Waals surface area (Å²) in [6.45, 7) is 10.3. The summed E-state index contributed by atoms with van der Waals surface area (Å²) in [4.78, 5) is 66.7. The van der Waals surface area contributed by atoms with E-state index in [4.69, 9.17) is 14.2 Å². The lowest BCUT2D eigenvalue weighted by Gasteiger charge is -2.42. The summed E-state index contributed by atoms with van der Waals surface area (Å²) in [5, 5.41) is 2.20. The van der Waals surface area contributed by atoms with Crippen molar-refractivity contribution in [1.82, 2.24) is 20.0 Å². The molecule has 0 saturated carbocycles. The fraction of sp³-hybridized carbons (Fsp3) is 0.645. The van der Waals surface area contributed by atoms with E-state index in [0.29, 0.717) is 25.4 Å². The standard InChI is InChI=1S/C31H42N4O8/c1-31(2,3)43-30(40)34-18-22(19-34)42-20-11-14-33(15-12-20)13-5-4-6-16-41-21-7-8-23-24(17-21)29(39)35(28(23)38)25-9-10-26(36)32-27(25)37/h7-8,17,20,22,25H,4-6,9-16,18-19H2,1-3H3,(H,32,36,37). The fourth-order valence-corrected chi connectivity index (χ4v) is 5.89. The lowest BCUT2D eigenvalue weighted by Crippen LogP contribution is -2.57. The summed E-state index contributed by atoms with van der Waals surface area (Å²) in [7, 11) is 0. The second-order valence-electron chi connectivity index (χ2n) is 12.7. The third kappa shape index (κ3) is 7.53. The van der Waals surface area contributed by atoms with E-state index in [-0.39, 0.29) is 42.3 Å². The Hall–Kier alpha value is -3.51. The molecule has 1 aromatic rings. The van der Waals surface area contributed by atoms with Crippen LogP contribution in [-0.2, 0) is 19.1 Å². The predicted octanol–water partition coefficient (Wildman–Crippen LogP) is 2.74. The Morgan fingerprint density at radius 3 is 2.35 bits per heavy atom. The Labute approximate surface area is 252 Å². The molecular formula is C31H42N4O8. The lowest BCUT2D eigenvalue weighted by atomic mass is 10.0. The van der Waals surface area contributed by atoms with Crippen molar-refractivity contribution >= 4 is 29.7 Å². The molecule has 3 saturated heterocycles. The van der Waals surface area contributed by atoms with Gasteiger partial charge in [0, 0.05) is 19.5 Å². The van der Waals surface area contributed by atoms with E-state index in [2.05, 4.69) is 10.2 Å². The highest BCUT2D eigenvalue weighted by molar-refractivity contribution is 6.23. The molecule has 1 N–H and O–H groups in total. The van der Waals surface area contributed by atoms with Crippen LogP contribution in [0.1, 0.15) is 86.4 Å². The number of unbranched alkanes of at least 4 members (excludes halogenated alkanes) is 2. The molecule has 1 aromatic carbocycles. The Bertz CT molecular complexity index is 1250. The summed E-state index contributed by atoms with van der Waals surface area (Å²) in [6.07, 6.45) is 5.18. The van der Waals surface area contributed by atoms with Gasteiger partial charge in [0.1, 0.15) is 17.4 Å². The van der Waals surface area contributed by atoms with E-state index < -0.39 is 35.3 Å². The van der Waals surface area contributed by atoms with Gasteiger partial charge in [-0.15, -0.1) is 0 Å². The minimum Gasteiger partial charge on any atom is -0.494 e. The van der Waals surface area contributed by atoms with Gasteiger partial charge in [-0.3, -0.25) is 29.4 Å². The van der Waals surface area contributed by atoms with E-state index in [9.17, 15) is 24.0 Å². The Morgan fingerprint density at radius 2 is 1.65 bits per heavy atom. The van der Waals surface area contributed by atoms with Crippen LogP contribution in [0, 0.1) is 0 Å². The predicted molar refractivity (Wildman–Crippen MR) is 155 cm³/mol. The number of benzene rings is 1. The molecule has 4 heterocycles. The van der Waals surface area contributed by atoms with Gasteiger partial charge in [0.25, 0.3) is 11.8 Å². The zero-order valence-corrected chi connectivity index (χ0v) is 25.3. The first-order valence-corrected chi connectivity index (χ1v) is 15.3. The highest BCUT2D eigenvalue weighted by Crippen LogP contribution is 2.30. The first-order valence-electron chi connectivity index (χ1n) is 15.3. The van der Waals surface area contributed by atoms with E-state index in [1.807, 2.05) is 20.8 Å². The maximum atomic E-state index is 13.0. The number of carbonyl (C=O) groups excluding carboxylic acids is 5. The minimum atomic E-state index is -0.979. The maximum Gasteiger partial charge on any atom is 0.410 e. The van der Waals surface area contributed by atoms with E-state index in [1.165, 1.54) is 0 Å². The van der Waals surface area contributed by atoms with Crippen LogP contribution in [0.4, 0.5) is 4.79 Å². The van der Waals surface area contributed by atoms with Crippen LogP contribution in [0.5, 0.6) is 5.75 Å². The molecule has 234 valence electrons. The molecule has 4 aliphatic rings. The van der Waals surface area contributed by atoms with Crippen LogP contribution >= 0.6 is 0 Å². The number of likely N-dealkylation sites (tertiary alicyclic amines) is 2. The first-order chi connectivity index (χ1) is 20.5. The second kappa shape index (κ2) is 13.0. The van der Waals surface area contributed by atoms with Gasteiger partial charge >= 0.3 is 6.09 Å². The Balaban J connectivity index is 0.948. The van der Waals surface area contributed by atoms with Crippen molar-refractivity contribution < 1.29 is 38.2 Å². The number of ether oxygens (including phenoxy) is 3. The molecular weight excluding hydrogens is 556 g/mol. The molecule has 0 aliphatic carbocycles. The molecule has 1 unspecified atom stereocenters. The van der Waals surface area contributed by atoms with Gasteiger partial charge in [-0.05, 0) is 84.0 Å². The monoisotopic (exact) mass is 598 g/mol. The molecule has 12 nitrogen and oxygen atoms in total. The van der Waals surface area contributed by atoms with Gasteiger partial charge in [-0.1, -0.05) is 0 Å². The number of fused-ring (bicyclic) bond motifs is 1. The zero-order chi connectivity index (χ0) is 30.7. The van der Waals surface area contributed by atoms with Crippen molar-refractivity contribution in [3.63, 3.8) is 0 Å². The number of nitrogens with zero attached hydrogens (tertiary/aromatic N) is 3. The van der Waals surface area contributed by atoms with E-state index in [0.717, 1.165) is 56.6 Å². The van der Waals surface area contributed by atoms with Gasteiger partial charge in [-0.25, -0.2) is 4.79 Å². The minimum absolute atomic E-state index is 0.0863. The summed E-state index contributed by atoms with van der Waals surface area (Å²) in [5.41, 5.74) is -0.0237. The van der Waals surface area contributed by atoms with Crippen molar-refractivity contribution in [2.75, 3.05) is 39.3 Å². The normalized spacial score (nSPS) is 22.0.